The molecule has 1 amide bonds. The van der Waals surface area contributed by atoms with E-state index in [9.17, 15) is 13.6 Å². The van der Waals surface area contributed by atoms with Gasteiger partial charge in [-0.1, -0.05) is 6.07 Å². The predicted octanol–water partition coefficient (Wildman–Crippen LogP) is 1.31. The molecule has 0 aliphatic carbocycles. The number of nitrogens with zero attached hydrogens (tertiary/aromatic N) is 2. The van der Waals surface area contributed by atoms with E-state index in [2.05, 4.69) is 4.98 Å². The van der Waals surface area contributed by atoms with Crippen LogP contribution in [0.4, 0.5) is 8.78 Å². The third-order valence-electron chi connectivity index (χ3n) is 2.35. The van der Waals surface area contributed by atoms with Gasteiger partial charge in [0.05, 0.1) is 19.1 Å². The SMILES string of the molecule is NC(=O)c1cncn1Cc1c(F)cccc1F. The lowest BCUT2D eigenvalue weighted by atomic mass is 10.2. The Bertz CT molecular complexity index is 545. The maximum Gasteiger partial charge on any atom is 0.266 e. The van der Waals surface area contributed by atoms with E-state index in [0.717, 1.165) is 12.1 Å². The first-order valence-corrected chi connectivity index (χ1v) is 4.82. The van der Waals surface area contributed by atoms with Gasteiger partial charge in [0.15, 0.2) is 0 Å². The van der Waals surface area contributed by atoms with Crippen LogP contribution in [0.5, 0.6) is 0 Å². The Labute approximate surface area is 95.7 Å². The van der Waals surface area contributed by atoms with Crippen LogP contribution in [0.15, 0.2) is 30.7 Å². The van der Waals surface area contributed by atoms with Crippen LogP contribution < -0.4 is 5.73 Å². The van der Waals surface area contributed by atoms with Crippen LogP contribution >= 0.6 is 0 Å². The first-order chi connectivity index (χ1) is 8.09. The zero-order valence-corrected chi connectivity index (χ0v) is 8.73. The fourth-order valence-electron chi connectivity index (χ4n) is 1.51. The molecule has 0 saturated heterocycles. The topological polar surface area (TPSA) is 60.9 Å². The van der Waals surface area contributed by atoms with Gasteiger partial charge in [0.25, 0.3) is 5.91 Å². The Kier molecular flexibility index (Phi) is 2.86. The Morgan fingerprint density at radius 2 is 2.00 bits per heavy atom. The highest BCUT2D eigenvalue weighted by Gasteiger charge is 2.13. The molecule has 0 aliphatic heterocycles. The quantitative estimate of drug-likeness (QED) is 0.874. The van der Waals surface area contributed by atoms with Crippen molar-refractivity contribution < 1.29 is 13.6 Å². The van der Waals surface area contributed by atoms with Crippen LogP contribution in [0.25, 0.3) is 0 Å². The summed E-state index contributed by atoms with van der Waals surface area (Å²) in [6, 6.07) is 3.58. The molecule has 88 valence electrons. The number of carbonyl (C=O) groups excluding carboxylic acids is 1. The molecule has 1 heterocycles. The summed E-state index contributed by atoms with van der Waals surface area (Å²) < 4.78 is 28.1. The minimum Gasteiger partial charge on any atom is -0.364 e. The lowest BCUT2D eigenvalue weighted by Crippen LogP contribution is -2.17. The maximum atomic E-state index is 13.4. The Balaban J connectivity index is 2.38. The lowest BCUT2D eigenvalue weighted by Gasteiger charge is -2.07. The van der Waals surface area contributed by atoms with E-state index in [1.807, 2.05) is 0 Å². The molecule has 0 radical (unpaired) electrons. The van der Waals surface area contributed by atoms with Crippen LogP contribution in [-0.2, 0) is 6.54 Å². The summed E-state index contributed by atoms with van der Waals surface area (Å²) in [7, 11) is 0. The van der Waals surface area contributed by atoms with Gasteiger partial charge in [-0.3, -0.25) is 4.79 Å². The van der Waals surface area contributed by atoms with Gasteiger partial charge in [-0.15, -0.1) is 0 Å². The number of primary amides is 1. The van der Waals surface area contributed by atoms with Crippen molar-refractivity contribution in [1.82, 2.24) is 9.55 Å². The molecular weight excluding hydrogens is 228 g/mol. The highest BCUT2D eigenvalue weighted by molar-refractivity contribution is 5.90. The molecule has 0 fully saturated rings. The van der Waals surface area contributed by atoms with Crippen molar-refractivity contribution in [1.29, 1.82) is 0 Å². The van der Waals surface area contributed by atoms with E-state index in [1.54, 1.807) is 0 Å². The van der Waals surface area contributed by atoms with E-state index in [1.165, 1.54) is 23.2 Å². The van der Waals surface area contributed by atoms with Crippen molar-refractivity contribution in [3.8, 4) is 0 Å². The number of imidazole rings is 1. The standard InChI is InChI=1S/C11H9F2N3O/c12-8-2-1-3-9(13)7(8)5-16-6-15-4-10(16)11(14)17/h1-4,6H,5H2,(H2,14,17). The van der Waals surface area contributed by atoms with Crippen LogP contribution in [0.3, 0.4) is 0 Å². The van der Waals surface area contributed by atoms with Gasteiger partial charge in [-0.05, 0) is 12.1 Å². The van der Waals surface area contributed by atoms with Crippen LogP contribution in [0, 0.1) is 11.6 Å². The molecule has 2 N–H and O–H groups in total. The largest absolute Gasteiger partial charge is 0.364 e. The highest BCUT2D eigenvalue weighted by atomic mass is 19.1. The summed E-state index contributed by atoms with van der Waals surface area (Å²) in [5, 5.41) is 0. The lowest BCUT2D eigenvalue weighted by molar-refractivity contribution is 0.0991. The number of hydrogen-bond acceptors (Lipinski definition) is 2. The molecule has 2 rings (SSSR count). The Hall–Kier alpha value is -2.24. The summed E-state index contributed by atoms with van der Waals surface area (Å²) in [6.07, 6.45) is 2.55. The van der Waals surface area contributed by atoms with Crippen molar-refractivity contribution in [3.63, 3.8) is 0 Å². The van der Waals surface area contributed by atoms with Gasteiger partial charge in [-0.2, -0.15) is 0 Å². The first kappa shape index (κ1) is 11.3. The minimum atomic E-state index is -0.695. The van der Waals surface area contributed by atoms with Crippen molar-refractivity contribution in [2.24, 2.45) is 5.73 Å². The van der Waals surface area contributed by atoms with Gasteiger partial charge in [-0.25, -0.2) is 13.8 Å². The smallest absolute Gasteiger partial charge is 0.266 e. The van der Waals surface area contributed by atoms with Crippen molar-refractivity contribution in [3.05, 3.63) is 53.6 Å². The summed E-state index contributed by atoms with van der Waals surface area (Å²) >= 11 is 0. The number of amides is 1. The number of rotatable bonds is 3. The van der Waals surface area contributed by atoms with Gasteiger partial charge in [0.2, 0.25) is 0 Å². The Morgan fingerprint density at radius 3 is 2.59 bits per heavy atom. The molecule has 17 heavy (non-hydrogen) atoms. The minimum absolute atomic E-state index is 0.104. The fraction of sp³-hybridized carbons (Fsp3) is 0.0909. The van der Waals surface area contributed by atoms with Crippen molar-refractivity contribution in [2.45, 2.75) is 6.54 Å². The van der Waals surface area contributed by atoms with Crippen LogP contribution in [0.2, 0.25) is 0 Å². The second-order valence-corrected chi connectivity index (χ2v) is 3.47. The molecule has 0 saturated carbocycles. The molecule has 0 spiro atoms. The number of benzene rings is 1. The molecule has 6 heteroatoms. The number of halogens is 2. The van der Waals surface area contributed by atoms with Crippen molar-refractivity contribution >= 4 is 5.91 Å². The number of carbonyl (C=O) groups is 1. The zero-order valence-electron chi connectivity index (χ0n) is 8.73. The van der Waals surface area contributed by atoms with E-state index < -0.39 is 17.5 Å². The Morgan fingerprint density at radius 1 is 1.35 bits per heavy atom. The second-order valence-electron chi connectivity index (χ2n) is 3.47. The monoisotopic (exact) mass is 237 g/mol. The molecule has 1 aromatic carbocycles. The average molecular weight is 237 g/mol. The summed E-state index contributed by atoms with van der Waals surface area (Å²) in [5.41, 5.74) is 5.07. The van der Waals surface area contributed by atoms with Crippen LogP contribution in [0.1, 0.15) is 16.1 Å². The van der Waals surface area contributed by atoms with Gasteiger partial charge in [0, 0.05) is 5.56 Å². The summed E-state index contributed by atoms with van der Waals surface area (Å²) in [4.78, 5) is 14.7. The van der Waals surface area contributed by atoms with E-state index in [-0.39, 0.29) is 17.8 Å². The normalized spacial score (nSPS) is 10.5. The van der Waals surface area contributed by atoms with E-state index >= 15 is 0 Å². The zero-order chi connectivity index (χ0) is 12.4. The highest BCUT2D eigenvalue weighted by Crippen LogP contribution is 2.14. The molecule has 2 aromatic rings. The third kappa shape index (κ3) is 2.15. The van der Waals surface area contributed by atoms with Gasteiger partial charge in [0.1, 0.15) is 17.3 Å². The fourth-order valence-corrected chi connectivity index (χ4v) is 1.51. The predicted molar refractivity (Wildman–Crippen MR) is 56.2 cm³/mol. The third-order valence-corrected chi connectivity index (χ3v) is 2.35. The molecule has 0 atom stereocenters. The molecular formula is C11H9F2N3O. The van der Waals surface area contributed by atoms with Gasteiger partial charge >= 0.3 is 0 Å². The van der Waals surface area contributed by atoms with Crippen molar-refractivity contribution in [2.75, 3.05) is 0 Å². The van der Waals surface area contributed by atoms with Crippen LogP contribution in [-0.4, -0.2) is 15.5 Å². The van der Waals surface area contributed by atoms with E-state index in [0.29, 0.717) is 0 Å². The summed E-state index contributed by atoms with van der Waals surface area (Å²) in [5.74, 6) is -2.04. The van der Waals surface area contributed by atoms with E-state index in [4.69, 9.17) is 5.73 Å². The molecule has 0 bridgehead atoms. The number of hydrogen-bond donors (Lipinski definition) is 1. The second kappa shape index (κ2) is 4.32. The first-order valence-electron chi connectivity index (χ1n) is 4.82. The maximum absolute atomic E-state index is 13.4. The summed E-state index contributed by atoms with van der Waals surface area (Å²) in [6.45, 7) is -0.128. The molecule has 0 unspecified atom stereocenters. The molecule has 1 aromatic heterocycles. The van der Waals surface area contributed by atoms with Gasteiger partial charge < -0.3 is 10.3 Å². The molecule has 0 aliphatic rings. The number of nitrogens with two attached hydrogens (primary N) is 1. The molecule has 4 nitrogen and oxygen atoms in total. The average Bonchev–Trinajstić information content (AvgIpc) is 2.72. The number of aromatic nitrogens is 2.